The molecule has 0 heteroatoms. The quantitative estimate of drug-likeness (QED) is 0.511. The maximum atomic E-state index is 2.46. The Kier molecular flexibility index (Phi) is 2.85. The number of rotatable bonds is 0. The zero-order valence-corrected chi connectivity index (χ0v) is 9.35. The molecule has 0 aliphatic heterocycles. The number of fused-ring (bicyclic) bond motifs is 2. The normalized spacial score (nSPS) is 42.2. The van der Waals surface area contributed by atoms with Crippen molar-refractivity contribution in [3.8, 4) is 0 Å². The Morgan fingerprint density at radius 1 is 0.917 bits per heavy atom. The van der Waals surface area contributed by atoms with Gasteiger partial charge in [-0.3, -0.25) is 0 Å². The average molecular weight is 168 g/mol. The Hall–Kier alpha value is 0. The van der Waals surface area contributed by atoms with Crippen LogP contribution >= 0.6 is 0 Å². The smallest absolute Gasteiger partial charge is 0.0297 e. The highest BCUT2D eigenvalue weighted by atomic mass is 14.6. The largest absolute Gasteiger partial charge is 0.0683 e. The molecule has 12 heavy (non-hydrogen) atoms. The van der Waals surface area contributed by atoms with Crippen LogP contribution in [0, 0.1) is 23.2 Å². The summed E-state index contributed by atoms with van der Waals surface area (Å²) in [6.07, 6.45) is 4.55. The molecule has 0 saturated heterocycles. The first-order valence-electron chi connectivity index (χ1n) is 5.60. The highest BCUT2D eigenvalue weighted by Crippen LogP contribution is 2.60. The van der Waals surface area contributed by atoms with Crippen LogP contribution in [0.5, 0.6) is 0 Å². The van der Waals surface area contributed by atoms with Crippen LogP contribution in [-0.2, 0) is 0 Å². The first kappa shape index (κ1) is 10.1. The Bertz CT molecular complexity index is 132. The molecule has 0 aromatic rings. The summed E-state index contributed by atoms with van der Waals surface area (Å²) in [7, 11) is 0. The molecule has 0 aromatic carbocycles. The van der Waals surface area contributed by atoms with E-state index >= 15 is 0 Å². The Labute approximate surface area is 77.7 Å². The van der Waals surface area contributed by atoms with Crippen LogP contribution < -0.4 is 0 Å². The summed E-state index contributed by atoms with van der Waals surface area (Å²) in [5.74, 6) is 3.17. The number of hydrogen-bond donors (Lipinski definition) is 0. The second-order valence-corrected chi connectivity index (χ2v) is 5.03. The van der Waals surface area contributed by atoms with Crippen molar-refractivity contribution in [1.82, 2.24) is 0 Å². The maximum absolute atomic E-state index is 2.46. The second-order valence-electron chi connectivity index (χ2n) is 5.03. The summed E-state index contributed by atoms with van der Waals surface area (Å²) in [5, 5.41) is 0. The van der Waals surface area contributed by atoms with Gasteiger partial charge >= 0.3 is 0 Å². The lowest BCUT2D eigenvalue weighted by Gasteiger charge is -2.58. The molecule has 3 saturated carbocycles. The van der Waals surface area contributed by atoms with Gasteiger partial charge in [-0.1, -0.05) is 34.6 Å². The molecule has 2 unspecified atom stereocenters. The molecule has 0 nitrogen and oxygen atoms in total. The molecule has 0 aromatic heterocycles. The lowest BCUT2D eigenvalue weighted by molar-refractivity contribution is -0.0860. The molecule has 3 rings (SSSR count). The van der Waals surface area contributed by atoms with E-state index < -0.39 is 0 Å². The molecule has 0 heterocycles. The Morgan fingerprint density at radius 2 is 1.33 bits per heavy atom. The predicted molar refractivity (Wildman–Crippen MR) is 55.1 cm³/mol. The fourth-order valence-corrected chi connectivity index (χ4v) is 2.99. The first-order chi connectivity index (χ1) is 5.60. The number of hydrogen-bond acceptors (Lipinski definition) is 0. The predicted octanol–water partition coefficient (Wildman–Crippen LogP) is 4.10. The van der Waals surface area contributed by atoms with E-state index in [4.69, 9.17) is 0 Å². The van der Waals surface area contributed by atoms with E-state index in [0.29, 0.717) is 5.41 Å². The summed E-state index contributed by atoms with van der Waals surface area (Å²) in [6, 6.07) is 0. The van der Waals surface area contributed by atoms with E-state index in [-0.39, 0.29) is 0 Å². The Morgan fingerprint density at radius 3 is 1.58 bits per heavy atom. The fraction of sp³-hybridized carbons (Fsp3) is 1.00. The molecule has 3 fully saturated rings. The maximum Gasteiger partial charge on any atom is -0.0297 e. The molecule has 2 bridgehead atoms. The molecule has 0 spiro atoms. The molecule has 72 valence electrons. The standard InChI is InChI=1S/C10H18.C2H6/c1-7-4-8-6-9(5-7)10(8,2)3;1-2/h7-9H,4-6H2,1-3H3;1-2H3. The third kappa shape index (κ3) is 1.41. The van der Waals surface area contributed by atoms with Crippen molar-refractivity contribution in [2.45, 2.75) is 53.9 Å². The fourth-order valence-electron chi connectivity index (χ4n) is 2.99. The molecule has 0 radical (unpaired) electrons. The van der Waals surface area contributed by atoms with Gasteiger partial charge in [0.2, 0.25) is 0 Å². The SMILES string of the molecule is CC.CC1CC2CC(C1)C2(C)C. The van der Waals surface area contributed by atoms with E-state index in [2.05, 4.69) is 20.8 Å². The van der Waals surface area contributed by atoms with Crippen molar-refractivity contribution >= 4 is 0 Å². The summed E-state index contributed by atoms with van der Waals surface area (Å²) in [6.45, 7) is 11.3. The summed E-state index contributed by atoms with van der Waals surface area (Å²) >= 11 is 0. The van der Waals surface area contributed by atoms with Gasteiger partial charge in [0, 0.05) is 0 Å². The molecule has 0 amide bonds. The average Bonchev–Trinajstić information content (AvgIpc) is 2.08. The van der Waals surface area contributed by atoms with E-state index in [9.17, 15) is 0 Å². The van der Waals surface area contributed by atoms with Gasteiger partial charge in [-0.05, 0) is 42.4 Å². The van der Waals surface area contributed by atoms with Crippen LogP contribution in [0.15, 0.2) is 0 Å². The minimum Gasteiger partial charge on any atom is -0.0683 e. The summed E-state index contributed by atoms with van der Waals surface area (Å²) in [5.41, 5.74) is 0.715. The van der Waals surface area contributed by atoms with Crippen LogP contribution in [0.25, 0.3) is 0 Å². The van der Waals surface area contributed by atoms with Gasteiger partial charge in [-0.15, -0.1) is 0 Å². The van der Waals surface area contributed by atoms with Gasteiger partial charge in [0.25, 0.3) is 0 Å². The molecular formula is C12H24. The Balaban J connectivity index is 0.000000336. The second kappa shape index (κ2) is 3.40. The highest BCUT2D eigenvalue weighted by molar-refractivity contribution is 5.01. The van der Waals surface area contributed by atoms with Crippen LogP contribution in [-0.4, -0.2) is 0 Å². The lowest BCUT2D eigenvalue weighted by Crippen LogP contribution is -2.50. The molecule has 0 N–H and O–H groups in total. The third-order valence-corrected chi connectivity index (χ3v) is 4.05. The van der Waals surface area contributed by atoms with Gasteiger partial charge in [-0.25, -0.2) is 0 Å². The van der Waals surface area contributed by atoms with Gasteiger partial charge in [0.15, 0.2) is 0 Å². The topological polar surface area (TPSA) is 0 Å². The first-order valence-corrected chi connectivity index (χ1v) is 5.60. The van der Waals surface area contributed by atoms with Crippen molar-refractivity contribution in [2.24, 2.45) is 23.2 Å². The molecule has 3 aliphatic rings. The monoisotopic (exact) mass is 168 g/mol. The lowest BCUT2D eigenvalue weighted by atomic mass is 9.47. The minimum absolute atomic E-state index is 0.715. The van der Waals surface area contributed by atoms with E-state index in [1.54, 1.807) is 0 Å². The summed E-state index contributed by atoms with van der Waals surface area (Å²) < 4.78 is 0. The van der Waals surface area contributed by atoms with Crippen LogP contribution in [0.4, 0.5) is 0 Å². The highest BCUT2D eigenvalue weighted by Gasteiger charge is 2.51. The van der Waals surface area contributed by atoms with Gasteiger partial charge in [0.05, 0.1) is 0 Å². The molecule has 3 aliphatic carbocycles. The van der Waals surface area contributed by atoms with Crippen LogP contribution in [0.1, 0.15) is 53.9 Å². The minimum atomic E-state index is 0.715. The van der Waals surface area contributed by atoms with E-state index in [1.807, 2.05) is 13.8 Å². The van der Waals surface area contributed by atoms with E-state index in [1.165, 1.54) is 19.3 Å². The zero-order valence-electron chi connectivity index (χ0n) is 9.35. The van der Waals surface area contributed by atoms with Crippen molar-refractivity contribution in [3.63, 3.8) is 0 Å². The van der Waals surface area contributed by atoms with Crippen LogP contribution in [0.3, 0.4) is 0 Å². The van der Waals surface area contributed by atoms with Gasteiger partial charge in [0.1, 0.15) is 0 Å². The van der Waals surface area contributed by atoms with Crippen molar-refractivity contribution in [1.29, 1.82) is 0 Å². The molecular weight excluding hydrogens is 144 g/mol. The zero-order chi connectivity index (χ0) is 9.35. The van der Waals surface area contributed by atoms with Gasteiger partial charge < -0.3 is 0 Å². The van der Waals surface area contributed by atoms with Crippen molar-refractivity contribution < 1.29 is 0 Å². The van der Waals surface area contributed by atoms with Crippen molar-refractivity contribution in [2.75, 3.05) is 0 Å². The van der Waals surface area contributed by atoms with Crippen molar-refractivity contribution in [3.05, 3.63) is 0 Å². The summed E-state index contributed by atoms with van der Waals surface area (Å²) in [4.78, 5) is 0. The third-order valence-electron chi connectivity index (χ3n) is 4.05. The van der Waals surface area contributed by atoms with Crippen LogP contribution in [0.2, 0.25) is 0 Å². The molecule has 2 atom stereocenters. The van der Waals surface area contributed by atoms with E-state index in [0.717, 1.165) is 17.8 Å². The van der Waals surface area contributed by atoms with Gasteiger partial charge in [-0.2, -0.15) is 0 Å².